The second-order valence-corrected chi connectivity index (χ2v) is 7.48. The zero-order chi connectivity index (χ0) is 17.7. The molecular formula is C20H22ClFN2S. The first-order chi connectivity index (χ1) is 12.1. The maximum absolute atomic E-state index is 13.0. The predicted octanol–water partition coefficient (Wildman–Crippen LogP) is 5.71. The van der Waals surface area contributed by atoms with E-state index in [-0.39, 0.29) is 11.4 Å². The van der Waals surface area contributed by atoms with Crippen molar-refractivity contribution in [2.75, 3.05) is 5.32 Å². The van der Waals surface area contributed by atoms with Crippen LogP contribution in [0.2, 0.25) is 5.02 Å². The molecule has 3 rings (SSSR count). The highest BCUT2D eigenvalue weighted by Crippen LogP contribution is 2.34. The van der Waals surface area contributed by atoms with Gasteiger partial charge in [-0.25, -0.2) is 4.39 Å². The minimum Gasteiger partial charge on any atom is -0.357 e. The van der Waals surface area contributed by atoms with Crippen molar-refractivity contribution in [3.05, 3.63) is 64.9 Å². The molecule has 0 heterocycles. The molecule has 1 aliphatic rings. The highest BCUT2D eigenvalue weighted by molar-refractivity contribution is 7.80. The number of anilines is 1. The van der Waals surface area contributed by atoms with Crippen LogP contribution in [-0.2, 0) is 6.42 Å². The van der Waals surface area contributed by atoms with Gasteiger partial charge in [0.1, 0.15) is 5.82 Å². The Hall–Kier alpha value is -1.65. The van der Waals surface area contributed by atoms with Crippen LogP contribution in [0.5, 0.6) is 0 Å². The van der Waals surface area contributed by atoms with Gasteiger partial charge in [-0.3, -0.25) is 0 Å². The van der Waals surface area contributed by atoms with Crippen LogP contribution in [-0.4, -0.2) is 10.7 Å². The van der Waals surface area contributed by atoms with Crippen LogP contribution in [0.25, 0.3) is 0 Å². The van der Waals surface area contributed by atoms with Gasteiger partial charge in [0.25, 0.3) is 0 Å². The van der Waals surface area contributed by atoms with Crippen molar-refractivity contribution < 1.29 is 4.39 Å². The molecule has 2 N–H and O–H groups in total. The summed E-state index contributed by atoms with van der Waals surface area (Å²) >= 11 is 11.8. The monoisotopic (exact) mass is 376 g/mol. The first-order valence-corrected chi connectivity index (χ1v) is 9.43. The van der Waals surface area contributed by atoms with E-state index in [1.807, 2.05) is 18.2 Å². The van der Waals surface area contributed by atoms with Crippen LogP contribution in [0, 0.1) is 5.82 Å². The third-order valence-electron chi connectivity index (χ3n) is 4.87. The Morgan fingerprint density at radius 3 is 2.44 bits per heavy atom. The van der Waals surface area contributed by atoms with Gasteiger partial charge in [0.05, 0.1) is 0 Å². The van der Waals surface area contributed by atoms with Crippen molar-refractivity contribution in [2.45, 2.75) is 44.1 Å². The number of thiocarbonyl (C=S) groups is 1. The quantitative estimate of drug-likeness (QED) is 0.653. The highest BCUT2D eigenvalue weighted by Gasteiger charge is 2.34. The zero-order valence-corrected chi connectivity index (χ0v) is 15.6. The van der Waals surface area contributed by atoms with Crippen LogP contribution in [0.15, 0.2) is 48.5 Å². The summed E-state index contributed by atoms with van der Waals surface area (Å²) < 4.78 is 13.0. The van der Waals surface area contributed by atoms with Crippen molar-refractivity contribution in [1.29, 1.82) is 0 Å². The lowest BCUT2D eigenvalue weighted by Crippen LogP contribution is -2.48. The zero-order valence-electron chi connectivity index (χ0n) is 14.0. The molecule has 1 saturated carbocycles. The Bertz CT molecular complexity index is 727. The molecule has 132 valence electrons. The van der Waals surface area contributed by atoms with E-state index in [4.69, 9.17) is 23.8 Å². The third kappa shape index (κ3) is 4.93. The number of benzene rings is 2. The summed E-state index contributed by atoms with van der Waals surface area (Å²) in [6.45, 7) is 0. The lowest BCUT2D eigenvalue weighted by atomic mass is 9.89. The fourth-order valence-electron chi connectivity index (χ4n) is 3.50. The molecule has 0 atom stereocenters. The van der Waals surface area contributed by atoms with Gasteiger partial charge in [0.2, 0.25) is 0 Å². The molecule has 25 heavy (non-hydrogen) atoms. The average Bonchev–Trinajstić information content (AvgIpc) is 3.05. The summed E-state index contributed by atoms with van der Waals surface area (Å²) in [6, 6.07) is 14.2. The van der Waals surface area contributed by atoms with E-state index in [1.165, 1.54) is 30.5 Å². The molecule has 2 aromatic rings. The second-order valence-electron chi connectivity index (χ2n) is 6.66. The Balaban J connectivity index is 1.62. The van der Waals surface area contributed by atoms with Gasteiger partial charge in [0, 0.05) is 16.2 Å². The molecule has 0 spiro atoms. The van der Waals surface area contributed by atoms with Crippen molar-refractivity contribution in [1.82, 2.24) is 5.32 Å². The first-order valence-electron chi connectivity index (χ1n) is 8.65. The predicted molar refractivity (Wildman–Crippen MR) is 107 cm³/mol. The fraction of sp³-hybridized carbons (Fsp3) is 0.350. The van der Waals surface area contributed by atoms with Gasteiger partial charge in [-0.15, -0.1) is 0 Å². The molecule has 1 fully saturated rings. The molecule has 0 radical (unpaired) electrons. The number of rotatable bonds is 5. The van der Waals surface area contributed by atoms with Crippen molar-refractivity contribution in [3.63, 3.8) is 0 Å². The van der Waals surface area contributed by atoms with E-state index in [1.54, 1.807) is 12.1 Å². The van der Waals surface area contributed by atoms with E-state index in [2.05, 4.69) is 16.7 Å². The van der Waals surface area contributed by atoms with E-state index < -0.39 is 0 Å². The number of hydrogen-bond acceptors (Lipinski definition) is 1. The van der Waals surface area contributed by atoms with Crippen molar-refractivity contribution >= 4 is 34.6 Å². The number of hydrogen-bond donors (Lipinski definition) is 2. The summed E-state index contributed by atoms with van der Waals surface area (Å²) in [7, 11) is 0. The van der Waals surface area contributed by atoms with E-state index >= 15 is 0 Å². The van der Waals surface area contributed by atoms with E-state index in [0.29, 0.717) is 5.11 Å². The largest absolute Gasteiger partial charge is 0.357 e. The molecule has 5 heteroatoms. The Kier molecular flexibility index (Phi) is 5.92. The van der Waals surface area contributed by atoms with Gasteiger partial charge in [-0.05, 0) is 73.8 Å². The summed E-state index contributed by atoms with van der Waals surface area (Å²) in [5.74, 6) is -0.253. The van der Waals surface area contributed by atoms with Crippen LogP contribution >= 0.6 is 23.8 Å². The minimum atomic E-state index is -0.253. The van der Waals surface area contributed by atoms with E-state index in [0.717, 1.165) is 36.4 Å². The number of nitrogens with one attached hydrogen (secondary N) is 2. The standard InChI is InChI=1S/C20H22ClFN2S/c21-18-6-2-1-5-15(18)11-14-20(12-3-4-13-20)24-19(25)23-17-9-7-16(22)8-10-17/h1-2,5-10H,3-4,11-14H2,(H2,23,24,25). The van der Waals surface area contributed by atoms with Gasteiger partial charge in [-0.2, -0.15) is 0 Å². The molecule has 0 aromatic heterocycles. The Morgan fingerprint density at radius 1 is 1.08 bits per heavy atom. The summed E-state index contributed by atoms with van der Waals surface area (Å²) in [4.78, 5) is 0. The molecule has 0 saturated heterocycles. The maximum Gasteiger partial charge on any atom is 0.171 e. The molecule has 2 aromatic carbocycles. The molecular weight excluding hydrogens is 355 g/mol. The summed E-state index contributed by atoms with van der Waals surface area (Å²) in [5.41, 5.74) is 1.97. The Morgan fingerprint density at radius 2 is 1.76 bits per heavy atom. The molecule has 0 amide bonds. The SMILES string of the molecule is Fc1ccc(NC(=S)NC2(CCc3ccccc3Cl)CCCC2)cc1. The van der Waals surface area contributed by atoms with Gasteiger partial charge < -0.3 is 10.6 Å². The van der Waals surface area contributed by atoms with Crippen LogP contribution < -0.4 is 10.6 Å². The normalized spacial score (nSPS) is 15.8. The fourth-order valence-corrected chi connectivity index (χ4v) is 4.07. The maximum atomic E-state index is 13.0. The van der Waals surface area contributed by atoms with E-state index in [9.17, 15) is 4.39 Å². The second kappa shape index (κ2) is 8.15. The smallest absolute Gasteiger partial charge is 0.171 e. The van der Waals surface area contributed by atoms with Gasteiger partial charge in [-0.1, -0.05) is 42.6 Å². The third-order valence-corrected chi connectivity index (χ3v) is 5.45. The van der Waals surface area contributed by atoms with Crippen molar-refractivity contribution in [2.24, 2.45) is 0 Å². The molecule has 0 bridgehead atoms. The summed E-state index contributed by atoms with van der Waals surface area (Å²) in [6.07, 6.45) is 6.52. The van der Waals surface area contributed by atoms with Crippen LogP contribution in [0.4, 0.5) is 10.1 Å². The molecule has 1 aliphatic carbocycles. The number of aryl methyl sites for hydroxylation is 1. The summed E-state index contributed by atoms with van der Waals surface area (Å²) in [5, 5.41) is 8.10. The van der Waals surface area contributed by atoms with Crippen LogP contribution in [0.1, 0.15) is 37.7 Å². The molecule has 0 unspecified atom stereocenters. The average molecular weight is 377 g/mol. The van der Waals surface area contributed by atoms with Gasteiger partial charge >= 0.3 is 0 Å². The number of halogens is 2. The lowest BCUT2D eigenvalue weighted by Gasteiger charge is -2.32. The minimum absolute atomic E-state index is 0.00326. The lowest BCUT2D eigenvalue weighted by molar-refractivity contribution is 0.362. The Labute approximate surface area is 158 Å². The molecule has 2 nitrogen and oxygen atoms in total. The van der Waals surface area contributed by atoms with Gasteiger partial charge in [0.15, 0.2) is 5.11 Å². The first kappa shape index (κ1) is 18.2. The molecule has 0 aliphatic heterocycles. The topological polar surface area (TPSA) is 24.1 Å². The van der Waals surface area contributed by atoms with Crippen LogP contribution in [0.3, 0.4) is 0 Å². The highest BCUT2D eigenvalue weighted by atomic mass is 35.5. The van der Waals surface area contributed by atoms with Crippen molar-refractivity contribution in [3.8, 4) is 0 Å².